The lowest BCUT2D eigenvalue weighted by atomic mass is 10.2. The molecule has 2 aromatic rings. The summed E-state index contributed by atoms with van der Waals surface area (Å²) in [6.07, 6.45) is 3.04. The molecule has 112 valence electrons. The zero-order chi connectivity index (χ0) is 15.9. The van der Waals surface area contributed by atoms with E-state index in [2.05, 4.69) is 26.2 Å². The molecule has 22 heavy (non-hydrogen) atoms. The van der Waals surface area contributed by atoms with Crippen molar-refractivity contribution in [2.45, 2.75) is 6.92 Å². The number of anilines is 1. The fourth-order valence-corrected chi connectivity index (χ4v) is 2.62. The van der Waals surface area contributed by atoms with Crippen LogP contribution >= 0.6 is 27.3 Å². The fraction of sp³-hybridized carbons (Fsp3) is 0.133. The van der Waals surface area contributed by atoms with E-state index in [0.717, 1.165) is 14.9 Å². The molecular formula is C15H12BrN3O2S. The van der Waals surface area contributed by atoms with E-state index in [0.29, 0.717) is 5.13 Å². The standard InChI is InChI=1S/C15H12BrN3O2S/c1-2-21-14(20)11(7-17)8-18-15-19-9-13(22-15)10-3-5-12(16)6-4-10/h3-6,8-9H,2H2,1H3,(H,18,19)/b11-8+. The Balaban J connectivity index is 2.10. The number of ether oxygens (including phenoxy) is 1. The first-order valence-electron chi connectivity index (χ1n) is 6.39. The molecule has 0 spiro atoms. The van der Waals surface area contributed by atoms with Gasteiger partial charge in [-0.05, 0) is 24.6 Å². The van der Waals surface area contributed by atoms with E-state index in [9.17, 15) is 4.79 Å². The van der Waals surface area contributed by atoms with Gasteiger partial charge in [0, 0.05) is 16.9 Å². The summed E-state index contributed by atoms with van der Waals surface area (Å²) >= 11 is 4.82. The third-order valence-electron chi connectivity index (χ3n) is 2.59. The molecule has 0 fully saturated rings. The minimum Gasteiger partial charge on any atom is -0.462 e. The van der Waals surface area contributed by atoms with Crippen LogP contribution in [0.4, 0.5) is 5.13 Å². The Kier molecular flexibility index (Phi) is 5.69. The average Bonchev–Trinajstić information content (AvgIpc) is 2.98. The molecule has 0 atom stereocenters. The third-order valence-corrected chi connectivity index (χ3v) is 4.10. The van der Waals surface area contributed by atoms with Crippen LogP contribution in [0.15, 0.2) is 46.7 Å². The van der Waals surface area contributed by atoms with Gasteiger partial charge in [0.2, 0.25) is 0 Å². The summed E-state index contributed by atoms with van der Waals surface area (Å²) in [6.45, 7) is 1.91. The molecule has 0 aliphatic heterocycles. The van der Waals surface area contributed by atoms with Crippen LogP contribution < -0.4 is 5.32 Å². The number of carbonyl (C=O) groups is 1. The van der Waals surface area contributed by atoms with Crippen molar-refractivity contribution in [1.82, 2.24) is 4.98 Å². The smallest absolute Gasteiger partial charge is 0.350 e. The first-order valence-corrected chi connectivity index (χ1v) is 8.00. The van der Waals surface area contributed by atoms with Crippen LogP contribution in [0.1, 0.15) is 6.92 Å². The molecule has 0 unspecified atom stereocenters. The highest BCUT2D eigenvalue weighted by Crippen LogP contribution is 2.29. The molecule has 1 aromatic carbocycles. The number of hydrogen-bond acceptors (Lipinski definition) is 6. The quantitative estimate of drug-likeness (QED) is 0.484. The number of nitrogens with zero attached hydrogens (tertiary/aromatic N) is 2. The maximum Gasteiger partial charge on any atom is 0.350 e. The predicted molar refractivity (Wildman–Crippen MR) is 89.2 cm³/mol. The largest absolute Gasteiger partial charge is 0.462 e. The van der Waals surface area contributed by atoms with E-state index in [4.69, 9.17) is 10.00 Å². The molecule has 2 rings (SSSR count). The Bertz CT molecular complexity index is 732. The van der Waals surface area contributed by atoms with Gasteiger partial charge in [0.15, 0.2) is 10.7 Å². The van der Waals surface area contributed by atoms with Crippen LogP contribution in [-0.2, 0) is 9.53 Å². The molecule has 0 aliphatic rings. The third kappa shape index (κ3) is 4.16. The molecule has 0 bridgehead atoms. The fourth-order valence-electron chi connectivity index (χ4n) is 1.57. The van der Waals surface area contributed by atoms with Gasteiger partial charge in [0.1, 0.15) is 6.07 Å². The molecular weight excluding hydrogens is 366 g/mol. The van der Waals surface area contributed by atoms with E-state index in [-0.39, 0.29) is 12.2 Å². The Morgan fingerprint density at radius 2 is 2.23 bits per heavy atom. The number of aromatic nitrogens is 1. The van der Waals surface area contributed by atoms with Gasteiger partial charge in [-0.2, -0.15) is 5.26 Å². The number of nitrogens with one attached hydrogen (secondary N) is 1. The minimum absolute atomic E-state index is 0.0951. The van der Waals surface area contributed by atoms with Crippen molar-refractivity contribution in [3.63, 3.8) is 0 Å². The summed E-state index contributed by atoms with van der Waals surface area (Å²) < 4.78 is 5.79. The highest BCUT2D eigenvalue weighted by Gasteiger charge is 2.10. The number of carbonyl (C=O) groups excluding carboxylic acids is 1. The molecule has 7 heteroatoms. The summed E-state index contributed by atoms with van der Waals surface area (Å²) in [5.41, 5.74) is 0.950. The molecule has 1 heterocycles. The second kappa shape index (κ2) is 7.73. The van der Waals surface area contributed by atoms with Gasteiger partial charge < -0.3 is 10.1 Å². The Hall–Kier alpha value is -2.17. The van der Waals surface area contributed by atoms with Crippen molar-refractivity contribution in [2.75, 3.05) is 11.9 Å². The van der Waals surface area contributed by atoms with E-state index in [1.54, 1.807) is 19.2 Å². The number of halogens is 1. The van der Waals surface area contributed by atoms with Crippen molar-refractivity contribution in [3.8, 4) is 16.5 Å². The maximum absolute atomic E-state index is 11.5. The first-order chi connectivity index (χ1) is 10.6. The van der Waals surface area contributed by atoms with Gasteiger partial charge in [-0.25, -0.2) is 9.78 Å². The lowest BCUT2D eigenvalue weighted by Crippen LogP contribution is -2.07. The summed E-state index contributed by atoms with van der Waals surface area (Å²) in [4.78, 5) is 16.7. The SMILES string of the molecule is CCOC(=O)/C(C#N)=C/Nc1ncc(-c2ccc(Br)cc2)s1. The van der Waals surface area contributed by atoms with Gasteiger partial charge >= 0.3 is 5.97 Å². The van der Waals surface area contributed by atoms with Crippen LogP contribution in [0.25, 0.3) is 10.4 Å². The number of hydrogen-bond donors (Lipinski definition) is 1. The maximum atomic E-state index is 11.5. The van der Waals surface area contributed by atoms with Crippen molar-refractivity contribution in [1.29, 1.82) is 5.26 Å². The zero-order valence-electron chi connectivity index (χ0n) is 11.7. The Morgan fingerprint density at radius 3 is 2.86 bits per heavy atom. The van der Waals surface area contributed by atoms with Crippen LogP contribution in [0, 0.1) is 11.3 Å². The number of thiazole rings is 1. The normalized spacial score (nSPS) is 10.9. The van der Waals surface area contributed by atoms with Crippen molar-refractivity contribution in [3.05, 3.63) is 46.7 Å². The molecule has 0 aliphatic carbocycles. The molecule has 0 radical (unpaired) electrons. The highest BCUT2D eigenvalue weighted by atomic mass is 79.9. The van der Waals surface area contributed by atoms with Crippen molar-refractivity contribution < 1.29 is 9.53 Å². The summed E-state index contributed by atoms with van der Waals surface area (Å²) in [5.74, 6) is -0.651. The summed E-state index contributed by atoms with van der Waals surface area (Å²) in [7, 11) is 0. The Morgan fingerprint density at radius 1 is 1.50 bits per heavy atom. The lowest BCUT2D eigenvalue weighted by Gasteiger charge is -1.99. The van der Waals surface area contributed by atoms with Gasteiger partial charge in [0.25, 0.3) is 0 Å². The zero-order valence-corrected chi connectivity index (χ0v) is 14.1. The van der Waals surface area contributed by atoms with E-state index >= 15 is 0 Å². The van der Waals surface area contributed by atoms with Crippen LogP contribution in [-0.4, -0.2) is 17.6 Å². The Labute approximate surface area is 140 Å². The monoisotopic (exact) mass is 377 g/mol. The highest BCUT2D eigenvalue weighted by molar-refractivity contribution is 9.10. The average molecular weight is 378 g/mol. The van der Waals surface area contributed by atoms with E-state index in [1.165, 1.54) is 17.5 Å². The van der Waals surface area contributed by atoms with Crippen LogP contribution in [0.2, 0.25) is 0 Å². The summed E-state index contributed by atoms with van der Waals surface area (Å²) in [5, 5.41) is 12.4. The minimum atomic E-state index is -0.651. The number of esters is 1. The molecule has 0 amide bonds. The second-order valence-corrected chi connectivity index (χ2v) is 6.02. The van der Waals surface area contributed by atoms with Gasteiger partial charge in [0.05, 0.1) is 11.5 Å². The van der Waals surface area contributed by atoms with Gasteiger partial charge in [-0.15, -0.1) is 0 Å². The van der Waals surface area contributed by atoms with Crippen molar-refractivity contribution >= 4 is 38.4 Å². The predicted octanol–water partition coefficient (Wildman–Crippen LogP) is 3.96. The second-order valence-electron chi connectivity index (χ2n) is 4.07. The molecule has 1 N–H and O–H groups in total. The van der Waals surface area contributed by atoms with E-state index in [1.807, 2.05) is 24.3 Å². The topological polar surface area (TPSA) is 75.0 Å². The van der Waals surface area contributed by atoms with Gasteiger partial charge in [-0.1, -0.05) is 39.4 Å². The van der Waals surface area contributed by atoms with Gasteiger partial charge in [-0.3, -0.25) is 0 Å². The molecule has 0 saturated carbocycles. The lowest BCUT2D eigenvalue weighted by molar-refractivity contribution is -0.138. The summed E-state index contributed by atoms with van der Waals surface area (Å²) in [6, 6.07) is 9.67. The molecule has 0 saturated heterocycles. The number of nitriles is 1. The number of benzene rings is 1. The molecule has 1 aromatic heterocycles. The van der Waals surface area contributed by atoms with Crippen LogP contribution in [0.5, 0.6) is 0 Å². The van der Waals surface area contributed by atoms with Crippen molar-refractivity contribution in [2.24, 2.45) is 0 Å². The number of rotatable bonds is 5. The van der Waals surface area contributed by atoms with Crippen LogP contribution in [0.3, 0.4) is 0 Å². The van der Waals surface area contributed by atoms with E-state index < -0.39 is 5.97 Å². The molecule has 5 nitrogen and oxygen atoms in total. The first kappa shape index (κ1) is 16.2.